The van der Waals surface area contributed by atoms with E-state index in [1.165, 1.54) is 0 Å². The lowest BCUT2D eigenvalue weighted by Gasteiger charge is -2.06. The van der Waals surface area contributed by atoms with Crippen LogP contribution in [-0.4, -0.2) is 16.5 Å². The van der Waals surface area contributed by atoms with Gasteiger partial charge in [0.15, 0.2) is 0 Å². The average Bonchev–Trinajstić information content (AvgIpc) is 2.98. The van der Waals surface area contributed by atoms with Crippen LogP contribution in [0.4, 0.5) is 4.79 Å². The van der Waals surface area contributed by atoms with Gasteiger partial charge in [-0.25, -0.2) is 4.79 Å². The van der Waals surface area contributed by atoms with Crippen LogP contribution in [0.25, 0.3) is 11.8 Å². The van der Waals surface area contributed by atoms with Crippen molar-refractivity contribution in [2.45, 2.75) is 0 Å². The number of amides is 3. The van der Waals surface area contributed by atoms with Gasteiger partial charge in [-0.3, -0.25) is 10.1 Å². The number of nitrogens with one attached hydrogen (secondary N) is 2. The van der Waals surface area contributed by atoms with Crippen molar-refractivity contribution in [1.29, 1.82) is 0 Å². The van der Waals surface area contributed by atoms with Crippen molar-refractivity contribution in [1.82, 2.24) is 15.2 Å². The number of benzene rings is 1. The third-order valence-electron chi connectivity index (χ3n) is 2.83. The zero-order valence-corrected chi connectivity index (χ0v) is 9.96. The minimum atomic E-state index is -0.492. The second kappa shape index (κ2) is 4.45. The van der Waals surface area contributed by atoms with Gasteiger partial charge in [-0.15, -0.1) is 0 Å². The number of rotatable bonds is 2. The van der Waals surface area contributed by atoms with E-state index < -0.39 is 11.9 Å². The third-order valence-corrected chi connectivity index (χ3v) is 2.83. The van der Waals surface area contributed by atoms with E-state index in [1.54, 1.807) is 6.08 Å². The van der Waals surface area contributed by atoms with Crippen molar-refractivity contribution in [3.63, 3.8) is 0 Å². The van der Waals surface area contributed by atoms with E-state index in [2.05, 4.69) is 10.6 Å². The minimum absolute atomic E-state index is 0.251. The summed E-state index contributed by atoms with van der Waals surface area (Å²) in [6, 6.07) is 13.0. The summed E-state index contributed by atoms with van der Waals surface area (Å²) < 4.78 is 1.94. The highest BCUT2D eigenvalue weighted by atomic mass is 16.2. The Morgan fingerprint density at radius 3 is 2.42 bits per heavy atom. The zero-order chi connectivity index (χ0) is 13.2. The molecule has 0 radical (unpaired) electrons. The van der Waals surface area contributed by atoms with Crippen molar-refractivity contribution in [2.24, 2.45) is 0 Å². The maximum Gasteiger partial charge on any atom is 0.326 e. The molecule has 0 spiro atoms. The molecule has 0 bridgehead atoms. The van der Waals surface area contributed by atoms with E-state index in [-0.39, 0.29) is 5.70 Å². The average molecular weight is 253 g/mol. The van der Waals surface area contributed by atoms with Crippen LogP contribution in [-0.2, 0) is 4.79 Å². The van der Waals surface area contributed by atoms with Crippen LogP contribution in [0.3, 0.4) is 0 Å². The molecule has 2 N–H and O–H groups in total. The van der Waals surface area contributed by atoms with Gasteiger partial charge in [0.1, 0.15) is 5.70 Å². The molecule has 3 amide bonds. The van der Waals surface area contributed by atoms with E-state index in [0.717, 1.165) is 11.4 Å². The number of hydrogen-bond donors (Lipinski definition) is 2. The molecule has 19 heavy (non-hydrogen) atoms. The molecule has 2 heterocycles. The Balaban J connectivity index is 2.00. The van der Waals surface area contributed by atoms with Crippen molar-refractivity contribution < 1.29 is 9.59 Å². The van der Waals surface area contributed by atoms with E-state index >= 15 is 0 Å². The summed E-state index contributed by atoms with van der Waals surface area (Å²) in [7, 11) is 0. The number of para-hydroxylation sites is 1. The van der Waals surface area contributed by atoms with Crippen molar-refractivity contribution in [3.05, 3.63) is 60.1 Å². The van der Waals surface area contributed by atoms with Crippen LogP contribution in [0.15, 0.2) is 54.4 Å². The summed E-state index contributed by atoms with van der Waals surface area (Å²) in [5, 5.41) is 4.64. The van der Waals surface area contributed by atoms with Gasteiger partial charge < -0.3 is 9.88 Å². The van der Waals surface area contributed by atoms with Gasteiger partial charge in [0.2, 0.25) is 0 Å². The lowest BCUT2D eigenvalue weighted by Crippen LogP contribution is -2.22. The summed E-state index contributed by atoms with van der Waals surface area (Å²) in [6.07, 6.45) is 3.55. The number of nitrogens with zero attached hydrogens (tertiary/aromatic N) is 1. The third kappa shape index (κ3) is 2.13. The van der Waals surface area contributed by atoms with Crippen LogP contribution in [0.2, 0.25) is 0 Å². The molecular formula is C14H11N3O2. The second-order valence-corrected chi connectivity index (χ2v) is 4.10. The Bertz CT molecular complexity index is 671. The molecule has 3 rings (SSSR count). The lowest BCUT2D eigenvalue weighted by atomic mass is 10.3. The van der Waals surface area contributed by atoms with Gasteiger partial charge in [-0.1, -0.05) is 18.2 Å². The van der Waals surface area contributed by atoms with E-state index in [0.29, 0.717) is 0 Å². The molecule has 0 unspecified atom stereocenters. The summed E-state index contributed by atoms with van der Waals surface area (Å²) in [5.41, 5.74) is 2.06. The Morgan fingerprint density at radius 2 is 1.74 bits per heavy atom. The number of urea groups is 1. The molecule has 5 heteroatoms. The molecule has 1 aromatic carbocycles. The van der Waals surface area contributed by atoms with Gasteiger partial charge >= 0.3 is 6.03 Å². The van der Waals surface area contributed by atoms with Gasteiger partial charge in [0, 0.05) is 17.6 Å². The molecule has 1 aromatic heterocycles. The van der Waals surface area contributed by atoms with Crippen molar-refractivity contribution >= 4 is 18.0 Å². The van der Waals surface area contributed by atoms with Crippen LogP contribution in [0.1, 0.15) is 5.69 Å². The summed E-state index contributed by atoms with van der Waals surface area (Å²) >= 11 is 0. The number of carbonyl (C=O) groups excluding carboxylic acids is 2. The highest BCUT2D eigenvalue weighted by molar-refractivity contribution is 6.13. The number of aromatic nitrogens is 1. The largest absolute Gasteiger partial charge is 0.326 e. The molecule has 1 saturated heterocycles. The number of carbonyl (C=O) groups is 2. The quantitative estimate of drug-likeness (QED) is 0.631. The SMILES string of the molecule is O=C1NC(=O)/C(=C/c2cccn2-c2ccccc2)N1. The summed E-state index contributed by atoms with van der Waals surface area (Å²) in [5.74, 6) is -0.411. The normalized spacial score (nSPS) is 16.5. The maximum atomic E-state index is 11.5. The zero-order valence-electron chi connectivity index (χ0n) is 9.96. The fraction of sp³-hybridized carbons (Fsp3) is 0. The molecule has 94 valence electrons. The first-order valence-electron chi connectivity index (χ1n) is 5.81. The molecule has 1 fully saturated rings. The highest BCUT2D eigenvalue weighted by Crippen LogP contribution is 2.15. The van der Waals surface area contributed by atoms with E-state index in [9.17, 15) is 9.59 Å². The smallest absolute Gasteiger partial charge is 0.317 e. The first-order valence-corrected chi connectivity index (χ1v) is 5.81. The molecule has 1 aliphatic rings. The molecular weight excluding hydrogens is 242 g/mol. The first-order chi connectivity index (χ1) is 9.24. The highest BCUT2D eigenvalue weighted by Gasteiger charge is 2.23. The fourth-order valence-corrected chi connectivity index (χ4v) is 1.97. The van der Waals surface area contributed by atoms with Crippen LogP contribution in [0.5, 0.6) is 0 Å². The molecule has 5 nitrogen and oxygen atoms in total. The second-order valence-electron chi connectivity index (χ2n) is 4.10. The van der Waals surface area contributed by atoms with Crippen LogP contribution >= 0.6 is 0 Å². The van der Waals surface area contributed by atoms with Crippen molar-refractivity contribution in [2.75, 3.05) is 0 Å². The molecule has 2 aromatic rings. The van der Waals surface area contributed by atoms with Crippen molar-refractivity contribution in [3.8, 4) is 5.69 Å². The van der Waals surface area contributed by atoms with E-state index in [1.807, 2.05) is 53.2 Å². The molecule has 0 saturated carbocycles. The van der Waals surface area contributed by atoms with Gasteiger partial charge in [0.05, 0.1) is 0 Å². The van der Waals surface area contributed by atoms with Gasteiger partial charge in [-0.2, -0.15) is 0 Å². The Morgan fingerprint density at radius 1 is 0.947 bits per heavy atom. The monoisotopic (exact) mass is 253 g/mol. The standard InChI is InChI=1S/C14H11N3O2/c18-13-12(15-14(19)16-13)9-11-7-4-8-17(11)10-5-2-1-3-6-10/h1-9H,(H2,15,16,18,19)/b12-9-. The first kappa shape index (κ1) is 11.3. The topological polar surface area (TPSA) is 63.1 Å². The fourth-order valence-electron chi connectivity index (χ4n) is 1.97. The Labute approximate surface area is 109 Å². The predicted octanol–water partition coefficient (Wildman–Crippen LogP) is 1.66. The predicted molar refractivity (Wildman–Crippen MR) is 70.4 cm³/mol. The number of imide groups is 1. The van der Waals surface area contributed by atoms with Gasteiger partial charge in [0.25, 0.3) is 5.91 Å². The summed E-state index contributed by atoms with van der Waals surface area (Å²) in [4.78, 5) is 22.5. The minimum Gasteiger partial charge on any atom is -0.317 e. The number of hydrogen-bond acceptors (Lipinski definition) is 2. The van der Waals surface area contributed by atoms with Crippen LogP contribution in [0, 0.1) is 0 Å². The summed E-state index contributed by atoms with van der Waals surface area (Å²) in [6.45, 7) is 0. The van der Waals surface area contributed by atoms with Gasteiger partial charge in [-0.05, 0) is 30.3 Å². The molecule has 0 atom stereocenters. The van der Waals surface area contributed by atoms with E-state index in [4.69, 9.17) is 0 Å². The Hall–Kier alpha value is -2.82. The Kier molecular flexibility index (Phi) is 2.64. The lowest BCUT2D eigenvalue weighted by molar-refractivity contribution is -0.115. The van der Waals surface area contributed by atoms with Crippen LogP contribution < -0.4 is 10.6 Å². The maximum absolute atomic E-state index is 11.5. The molecule has 1 aliphatic heterocycles. The molecule has 0 aliphatic carbocycles.